The van der Waals surface area contributed by atoms with Crippen LogP contribution in [0.2, 0.25) is 0 Å². The van der Waals surface area contributed by atoms with Crippen LogP contribution >= 0.6 is 0 Å². The van der Waals surface area contributed by atoms with E-state index >= 15 is 0 Å². The largest absolute Gasteiger partial charge is 0.399 e. The van der Waals surface area contributed by atoms with E-state index in [2.05, 4.69) is 10.4 Å². The second kappa shape index (κ2) is 5.36. The molecule has 0 aliphatic heterocycles. The maximum atomic E-state index is 12.3. The van der Waals surface area contributed by atoms with Gasteiger partial charge in [-0.3, -0.25) is 9.48 Å². The summed E-state index contributed by atoms with van der Waals surface area (Å²) in [5.74, 6) is -0.160. The fourth-order valence-electron chi connectivity index (χ4n) is 2.07. The highest BCUT2D eigenvalue weighted by Gasteiger charge is 2.14. The molecule has 0 saturated heterocycles. The van der Waals surface area contributed by atoms with Crippen LogP contribution in [0.4, 0.5) is 11.4 Å². The number of hydrogen-bond acceptors (Lipinski definition) is 3. The van der Waals surface area contributed by atoms with E-state index in [9.17, 15) is 4.79 Å². The van der Waals surface area contributed by atoms with Crippen molar-refractivity contribution in [3.8, 4) is 0 Å². The van der Waals surface area contributed by atoms with Gasteiger partial charge >= 0.3 is 0 Å². The Kier molecular flexibility index (Phi) is 3.79. The number of carbonyl (C=O) groups is 1. The van der Waals surface area contributed by atoms with E-state index in [1.165, 1.54) is 0 Å². The summed E-state index contributed by atoms with van der Waals surface area (Å²) in [5, 5.41) is 7.20. The van der Waals surface area contributed by atoms with E-state index in [-0.39, 0.29) is 5.91 Å². The quantitative estimate of drug-likeness (QED) is 0.843. The Hall–Kier alpha value is -2.30. The van der Waals surface area contributed by atoms with Gasteiger partial charge < -0.3 is 11.1 Å². The first-order valence-electron chi connectivity index (χ1n) is 6.63. The van der Waals surface area contributed by atoms with Crippen molar-refractivity contribution >= 4 is 17.3 Å². The molecule has 0 unspecified atom stereocenters. The van der Waals surface area contributed by atoms with Crippen LogP contribution in [-0.4, -0.2) is 15.7 Å². The number of nitrogens with zero attached hydrogens (tertiary/aromatic N) is 2. The van der Waals surface area contributed by atoms with Crippen molar-refractivity contribution < 1.29 is 4.79 Å². The van der Waals surface area contributed by atoms with Crippen LogP contribution in [0.15, 0.2) is 18.2 Å². The molecule has 0 spiro atoms. The highest BCUT2D eigenvalue weighted by molar-refractivity contribution is 6.03. The molecule has 0 atom stereocenters. The Morgan fingerprint density at radius 2 is 2.00 bits per heavy atom. The van der Waals surface area contributed by atoms with Gasteiger partial charge in [0.15, 0.2) is 0 Å². The standard InChI is InChI=1S/C15H20N4O/c1-5-11-8-14(19(4)18-11)15(20)17-13-7-9(2)12(16)6-10(13)3/h6-8H,5,16H2,1-4H3,(H,17,20). The minimum atomic E-state index is -0.160. The first-order valence-corrected chi connectivity index (χ1v) is 6.63. The van der Waals surface area contributed by atoms with E-state index in [1.807, 2.05) is 39.0 Å². The molecule has 0 bridgehead atoms. The Bertz CT molecular complexity index is 658. The molecule has 5 nitrogen and oxygen atoms in total. The number of anilines is 2. The van der Waals surface area contributed by atoms with Crippen molar-refractivity contribution in [2.75, 3.05) is 11.1 Å². The van der Waals surface area contributed by atoms with Crippen LogP contribution in [-0.2, 0) is 13.5 Å². The van der Waals surface area contributed by atoms with Gasteiger partial charge in [0.05, 0.1) is 5.69 Å². The molecule has 0 saturated carbocycles. The average Bonchev–Trinajstić information content (AvgIpc) is 2.77. The number of hydrogen-bond donors (Lipinski definition) is 2. The van der Waals surface area contributed by atoms with Gasteiger partial charge in [-0.25, -0.2) is 0 Å². The van der Waals surface area contributed by atoms with Crippen LogP contribution in [0.3, 0.4) is 0 Å². The Labute approximate surface area is 118 Å². The number of aryl methyl sites for hydroxylation is 4. The van der Waals surface area contributed by atoms with Gasteiger partial charge in [-0.2, -0.15) is 5.10 Å². The molecule has 3 N–H and O–H groups in total. The molecular weight excluding hydrogens is 252 g/mol. The zero-order valence-electron chi connectivity index (χ0n) is 12.3. The van der Waals surface area contributed by atoms with Crippen molar-refractivity contribution in [1.82, 2.24) is 9.78 Å². The van der Waals surface area contributed by atoms with Gasteiger partial charge in [0.2, 0.25) is 0 Å². The monoisotopic (exact) mass is 272 g/mol. The zero-order valence-corrected chi connectivity index (χ0v) is 12.3. The highest BCUT2D eigenvalue weighted by atomic mass is 16.2. The molecule has 20 heavy (non-hydrogen) atoms. The van der Waals surface area contributed by atoms with E-state index in [4.69, 9.17) is 5.73 Å². The molecule has 0 fully saturated rings. The average molecular weight is 272 g/mol. The fraction of sp³-hybridized carbons (Fsp3) is 0.333. The molecule has 0 aliphatic carbocycles. The third-order valence-corrected chi connectivity index (χ3v) is 3.39. The predicted octanol–water partition coefficient (Wildman–Crippen LogP) is 2.43. The third kappa shape index (κ3) is 2.66. The lowest BCUT2D eigenvalue weighted by Crippen LogP contribution is -2.17. The van der Waals surface area contributed by atoms with Crippen LogP contribution in [0, 0.1) is 13.8 Å². The number of benzene rings is 1. The summed E-state index contributed by atoms with van der Waals surface area (Å²) in [4.78, 5) is 12.3. The van der Waals surface area contributed by atoms with Crippen LogP contribution in [0.25, 0.3) is 0 Å². The minimum Gasteiger partial charge on any atom is -0.399 e. The second-order valence-electron chi connectivity index (χ2n) is 4.98. The molecule has 1 heterocycles. The van der Waals surface area contributed by atoms with Gasteiger partial charge in [0.1, 0.15) is 5.69 Å². The number of nitrogens with two attached hydrogens (primary N) is 1. The van der Waals surface area contributed by atoms with Crippen LogP contribution in [0.1, 0.15) is 34.2 Å². The third-order valence-electron chi connectivity index (χ3n) is 3.39. The molecule has 2 aromatic rings. The first kappa shape index (κ1) is 14.1. The number of carbonyl (C=O) groups excluding carboxylic acids is 1. The lowest BCUT2D eigenvalue weighted by Gasteiger charge is -2.11. The summed E-state index contributed by atoms with van der Waals surface area (Å²) < 4.78 is 1.60. The van der Waals surface area contributed by atoms with Crippen molar-refractivity contribution in [3.63, 3.8) is 0 Å². The van der Waals surface area contributed by atoms with Gasteiger partial charge in [-0.15, -0.1) is 0 Å². The van der Waals surface area contributed by atoms with Crippen molar-refractivity contribution in [2.45, 2.75) is 27.2 Å². The maximum absolute atomic E-state index is 12.3. The molecular formula is C15H20N4O. The normalized spacial score (nSPS) is 10.6. The van der Waals surface area contributed by atoms with Gasteiger partial charge in [0, 0.05) is 18.4 Å². The Morgan fingerprint density at radius 1 is 1.30 bits per heavy atom. The van der Waals surface area contributed by atoms with Crippen LogP contribution < -0.4 is 11.1 Å². The molecule has 0 aliphatic rings. The van der Waals surface area contributed by atoms with Crippen molar-refractivity contribution in [1.29, 1.82) is 0 Å². The number of aromatic nitrogens is 2. The van der Waals surface area contributed by atoms with Gasteiger partial charge in [-0.1, -0.05) is 6.92 Å². The SMILES string of the molecule is CCc1cc(C(=O)Nc2cc(C)c(N)cc2C)n(C)n1. The van der Waals surface area contributed by atoms with Gasteiger partial charge in [0.25, 0.3) is 5.91 Å². The molecule has 106 valence electrons. The number of nitrogen functional groups attached to an aromatic ring is 1. The Morgan fingerprint density at radius 3 is 2.60 bits per heavy atom. The molecule has 1 aromatic carbocycles. The number of amides is 1. The summed E-state index contributed by atoms with van der Waals surface area (Å²) in [6.45, 7) is 5.85. The molecule has 0 radical (unpaired) electrons. The second-order valence-corrected chi connectivity index (χ2v) is 4.98. The topological polar surface area (TPSA) is 72.9 Å². The summed E-state index contributed by atoms with van der Waals surface area (Å²) in [6, 6.07) is 5.57. The lowest BCUT2D eigenvalue weighted by atomic mass is 10.1. The Balaban J connectivity index is 2.27. The first-order chi connectivity index (χ1) is 9.42. The minimum absolute atomic E-state index is 0.160. The van der Waals surface area contributed by atoms with E-state index in [0.717, 1.165) is 34.6 Å². The fourth-order valence-corrected chi connectivity index (χ4v) is 2.07. The number of nitrogens with one attached hydrogen (secondary N) is 1. The van der Waals surface area contributed by atoms with E-state index in [0.29, 0.717) is 5.69 Å². The summed E-state index contributed by atoms with van der Waals surface area (Å²) in [7, 11) is 1.77. The highest BCUT2D eigenvalue weighted by Crippen LogP contribution is 2.22. The molecule has 5 heteroatoms. The zero-order chi connectivity index (χ0) is 14.9. The summed E-state index contributed by atoms with van der Waals surface area (Å²) in [5.41, 5.74) is 10.7. The smallest absolute Gasteiger partial charge is 0.273 e. The van der Waals surface area contributed by atoms with Crippen LogP contribution in [0.5, 0.6) is 0 Å². The molecule has 1 aromatic heterocycles. The van der Waals surface area contributed by atoms with Crippen molar-refractivity contribution in [3.05, 3.63) is 40.7 Å². The number of rotatable bonds is 3. The lowest BCUT2D eigenvalue weighted by molar-refractivity contribution is 0.101. The van der Waals surface area contributed by atoms with E-state index < -0.39 is 0 Å². The maximum Gasteiger partial charge on any atom is 0.273 e. The summed E-state index contributed by atoms with van der Waals surface area (Å²) in [6.07, 6.45) is 0.807. The summed E-state index contributed by atoms with van der Waals surface area (Å²) >= 11 is 0. The van der Waals surface area contributed by atoms with Gasteiger partial charge in [-0.05, 0) is 49.6 Å². The van der Waals surface area contributed by atoms with Crippen molar-refractivity contribution in [2.24, 2.45) is 7.05 Å². The molecule has 1 amide bonds. The molecule has 2 rings (SSSR count). The van der Waals surface area contributed by atoms with E-state index in [1.54, 1.807) is 11.7 Å². The predicted molar refractivity (Wildman–Crippen MR) is 80.9 cm³/mol.